The van der Waals surface area contributed by atoms with Gasteiger partial charge in [0.05, 0.1) is 5.56 Å². The minimum Gasteiger partial charge on any atom is -0.385 e. The third-order valence-electron chi connectivity index (χ3n) is 3.43. The van der Waals surface area contributed by atoms with Crippen molar-refractivity contribution in [3.05, 3.63) is 29.3 Å². The Morgan fingerprint density at radius 1 is 1.35 bits per heavy atom. The maximum atomic E-state index is 12.9. The molecule has 0 saturated heterocycles. The molecule has 0 unspecified atom stereocenters. The molecule has 1 amide bonds. The number of hydrogen-bond donors (Lipinski definition) is 2. The molecule has 1 aromatic carbocycles. The minimum absolute atomic E-state index is 0.0510. The van der Waals surface area contributed by atoms with Gasteiger partial charge in [-0.15, -0.1) is 0 Å². The number of halogens is 3. The second-order valence-corrected chi connectivity index (χ2v) is 5.11. The molecule has 6 heteroatoms. The first-order chi connectivity index (χ1) is 9.29. The van der Waals surface area contributed by atoms with E-state index in [0.29, 0.717) is 12.2 Å². The van der Waals surface area contributed by atoms with Gasteiger partial charge in [-0.05, 0) is 44.4 Å². The molecule has 20 heavy (non-hydrogen) atoms. The number of rotatable bonds is 4. The van der Waals surface area contributed by atoms with Crippen molar-refractivity contribution in [2.75, 3.05) is 11.9 Å². The first-order valence-electron chi connectivity index (χ1n) is 6.53. The van der Waals surface area contributed by atoms with Crippen molar-refractivity contribution in [2.24, 2.45) is 0 Å². The van der Waals surface area contributed by atoms with Gasteiger partial charge in [-0.3, -0.25) is 4.79 Å². The highest BCUT2D eigenvalue weighted by Crippen LogP contribution is 2.49. The first-order valence-corrected chi connectivity index (χ1v) is 6.53. The molecule has 0 bridgehead atoms. The van der Waals surface area contributed by atoms with Crippen LogP contribution in [0.25, 0.3) is 0 Å². The lowest BCUT2D eigenvalue weighted by Gasteiger charge is -2.21. The van der Waals surface area contributed by atoms with Crippen LogP contribution >= 0.6 is 0 Å². The van der Waals surface area contributed by atoms with E-state index in [9.17, 15) is 18.0 Å². The number of hydrogen-bond acceptors (Lipinski definition) is 2. The monoisotopic (exact) mass is 286 g/mol. The molecule has 2 rings (SSSR count). The Hall–Kier alpha value is -1.72. The average Bonchev–Trinajstić information content (AvgIpc) is 3.09. The van der Waals surface area contributed by atoms with Crippen LogP contribution in [0.15, 0.2) is 18.2 Å². The van der Waals surface area contributed by atoms with Crippen LogP contribution in [0.4, 0.5) is 18.9 Å². The zero-order chi connectivity index (χ0) is 15.0. The highest BCUT2D eigenvalue weighted by Gasteiger charge is 2.64. The Morgan fingerprint density at radius 3 is 2.50 bits per heavy atom. The molecule has 1 aromatic rings. The fourth-order valence-electron chi connectivity index (χ4n) is 2.08. The molecule has 1 fully saturated rings. The average molecular weight is 286 g/mol. The Morgan fingerprint density at radius 2 is 2.00 bits per heavy atom. The Labute approximate surface area is 115 Å². The SMILES string of the molecule is CCNc1cc(C)ccc1C(=O)NC1(C(F)(F)F)CC1. The Balaban J connectivity index is 2.22. The lowest BCUT2D eigenvalue weighted by molar-refractivity contribution is -0.163. The maximum Gasteiger partial charge on any atom is 0.411 e. The van der Waals surface area contributed by atoms with Gasteiger partial charge in [0.2, 0.25) is 0 Å². The van der Waals surface area contributed by atoms with Gasteiger partial charge in [0.25, 0.3) is 5.91 Å². The summed E-state index contributed by atoms with van der Waals surface area (Å²) in [5.41, 5.74) is -0.288. The van der Waals surface area contributed by atoms with Crippen LogP contribution in [0.3, 0.4) is 0 Å². The topological polar surface area (TPSA) is 41.1 Å². The van der Waals surface area contributed by atoms with Crippen molar-refractivity contribution >= 4 is 11.6 Å². The molecule has 0 radical (unpaired) electrons. The van der Waals surface area contributed by atoms with E-state index < -0.39 is 17.6 Å². The molecule has 110 valence electrons. The van der Waals surface area contributed by atoms with Gasteiger partial charge in [0, 0.05) is 12.2 Å². The second-order valence-electron chi connectivity index (χ2n) is 5.11. The van der Waals surface area contributed by atoms with E-state index in [-0.39, 0.29) is 18.4 Å². The summed E-state index contributed by atoms with van der Waals surface area (Å²) in [7, 11) is 0. The van der Waals surface area contributed by atoms with Gasteiger partial charge < -0.3 is 10.6 Å². The molecule has 0 aromatic heterocycles. The summed E-state index contributed by atoms with van der Waals surface area (Å²) in [5.74, 6) is -0.684. The number of anilines is 1. The van der Waals surface area contributed by atoms with E-state index in [2.05, 4.69) is 10.6 Å². The van der Waals surface area contributed by atoms with E-state index in [1.165, 1.54) is 0 Å². The summed E-state index contributed by atoms with van der Waals surface area (Å²) in [6.07, 6.45) is -4.50. The van der Waals surface area contributed by atoms with Gasteiger partial charge in [0.1, 0.15) is 5.54 Å². The lowest BCUT2D eigenvalue weighted by atomic mass is 10.1. The highest BCUT2D eigenvalue weighted by atomic mass is 19.4. The number of nitrogens with one attached hydrogen (secondary N) is 2. The summed E-state index contributed by atoms with van der Waals surface area (Å²) in [4.78, 5) is 12.1. The summed E-state index contributed by atoms with van der Waals surface area (Å²) < 4.78 is 38.6. The van der Waals surface area contributed by atoms with Crippen molar-refractivity contribution < 1.29 is 18.0 Å². The van der Waals surface area contributed by atoms with Crippen LogP contribution in [-0.2, 0) is 0 Å². The van der Waals surface area contributed by atoms with Crippen molar-refractivity contribution in [3.8, 4) is 0 Å². The van der Waals surface area contributed by atoms with Crippen LogP contribution in [0.2, 0.25) is 0 Å². The van der Waals surface area contributed by atoms with E-state index >= 15 is 0 Å². The van der Waals surface area contributed by atoms with Crippen LogP contribution < -0.4 is 10.6 Å². The van der Waals surface area contributed by atoms with E-state index in [0.717, 1.165) is 5.56 Å². The molecular weight excluding hydrogens is 269 g/mol. The second kappa shape index (κ2) is 5.00. The van der Waals surface area contributed by atoms with Crippen molar-refractivity contribution in [2.45, 2.75) is 38.4 Å². The summed E-state index contributed by atoms with van der Waals surface area (Å²) in [5, 5.41) is 5.14. The molecule has 0 atom stereocenters. The van der Waals surface area contributed by atoms with Gasteiger partial charge in [0.15, 0.2) is 0 Å². The first kappa shape index (κ1) is 14.7. The van der Waals surface area contributed by atoms with Gasteiger partial charge >= 0.3 is 6.18 Å². The van der Waals surface area contributed by atoms with Gasteiger partial charge in [-0.2, -0.15) is 13.2 Å². The fourth-order valence-corrected chi connectivity index (χ4v) is 2.08. The number of amides is 1. The zero-order valence-corrected chi connectivity index (χ0v) is 11.4. The predicted octanol–water partition coefficient (Wildman–Crippen LogP) is 3.25. The fraction of sp³-hybridized carbons (Fsp3) is 0.500. The summed E-state index contributed by atoms with van der Waals surface area (Å²) in [6.45, 7) is 4.32. The largest absolute Gasteiger partial charge is 0.411 e. The van der Waals surface area contributed by atoms with Crippen molar-refractivity contribution in [1.82, 2.24) is 5.32 Å². The van der Waals surface area contributed by atoms with Crippen LogP contribution in [-0.4, -0.2) is 24.2 Å². The number of carbonyl (C=O) groups excluding carboxylic acids is 1. The zero-order valence-electron chi connectivity index (χ0n) is 11.4. The quantitative estimate of drug-likeness (QED) is 0.892. The number of aryl methyl sites for hydroxylation is 1. The van der Waals surface area contributed by atoms with Gasteiger partial charge in [-0.1, -0.05) is 6.07 Å². The van der Waals surface area contributed by atoms with Crippen LogP contribution in [0.1, 0.15) is 35.7 Å². The number of carbonyl (C=O) groups is 1. The van der Waals surface area contributed by atoms with E-state index in [1.807, 2.05) is 13.8 Å². The molecule has 2 N–H and O–H groups in total. The summed E-state index contributed by atoms with van der Waals surface area (Å²) in [6, 6.07) is 5.02. The molecule has 1 saturated carbocycles. The maximum absolute atomic E-state index is 12.9. The molecular formula is C14H17F3N2O. The summed E-state index contributed by atoms with van der Waals surface area (Å²) >= 11 is 0. The van der Waals surface area contributed by atoms with Crippen molar-refractivity contribution in [3.63, 3.8) is 0 Å². The van der Waals surface area contributed by atoms with Gasteiger partial charge in [-0.25, -0.2) is 0 Å². The molecule has 0 aliphatic heterocycles. The molecule has 0 spiro atoms. The van der Waals surface area contributed by atoms with E-state index in [4.69, 9.17) is 0 Å². The van der Waals surface area contributed by atoms with Crippen LogP contribution in [0.5, 0.6) is 0 Å². The van der Waals surface area contributed by atoms with Crippen molar-refractivity contribution in [1.29, 1.82) is 0 Å². The molecule has 1 aliphatic rings. The predicted molar refractivity (Wildman–Crippen MR) is 70.8 cm³/mol. The molecule has 1 aliphatic carbocycles. The standard InChI is InChI=1S/C14H17F3N2O/c1-3-18-11-8-9(2)4-5-10(11)12(20)19-13(6-7-13)14(15,16)17/h4-5,8,18H,3,6-7H2,1-2H3,(H,19,20). The Bertz CT molecular complexity index is 522. The smallest absolute Gasteiger partial charge is 0.385 e. The normalized spacial score (nSPS) is 16.6. The minimum atomic E-state index is -4.40. The third kappa shape index (κ3) is 2.73. The van der Waals surface area contributed by atoms with Crippen LogP contribution in [0, 0.1) is 6.92 Å². The third-order valence-corrected chi connectivity index (χ3v) is 3.43. The number of benzene rings is 1. The van der Waals surface area contributed by atoms with E-state index in [1.54, 1.807) is 18.2 Å². The number of alkyl halides is 3. The lowest BCUT2D eigenvalue weighted by Crippen LogP contribution is -2.48. The molecule has 0 heterocycles. The molecule has 3 nitrogen and oxygen atoms in total. The Kier molecular flexibility index (Phi) is 3.67. The highest BCUT2D eigenvalue weighted by molar-refractivity contribution is 6.00.